The highest BCUT2D eigenvalue weighted by molar-refractivity contribution is 7.99. The molecule has 0 saturated carbocycles. The Hall–Kier alpha value is -13.8. The zero-order chi connectivity index (χ0) is 73.1. The number of rotatable bonds is 6. The van der Waals surface area contributed by atoms with Crippen LogP contribution in [0.1, 0.15) is 44.5 Å². The van der Waals surface area contributed by atoms with Crippen LogP contribution in [0, 0.1) is 0 Å². The summed E-state index contributed by atoms with van der Waals surface area (Å²) >= 11 is 3.73. The minimum atomic E-state index is -0.713. The van der Waals surface area contributed by atoms with Crippen molar-refractivity contribution >= 4 is 111 Å². The first-order valence-electron chi connectivity index (χ1n) is 38.2. The summed E-state index contributed by atoms with van der Waals surface area (Å²) in [5, 5.41) is 10.9. The van der Waals surface area contributed by atoms with Crippen molar-refractivity contribution in [2.45, 2.75) is 30.4 Å². The number of fused-ring (bicyclic) bond motifs is 30. The van der Waals surface area contributed by atoms with Crippen molar-refractivity contribution in [3.05, 3.63) is 403 Å². The molecule has 9 heteroatoms. The number of pyridine rings is 1. The van der Waals surface area contributed by atoms with E-state index in [9.17, 15) is 0 Å². The van der Waals surface area contributed by atoms with Crippen molar-refractivity contribution in [3.63, 3.8) is 0 Å². The Labute approximate surface area is 651 Å². The zero-order valence-corrected chi connectivity index (χ0v) is 61.6. The van der Waals surface area contributed by atoms with E-state index in [0.29, 0.717) is 17.5 Å². The molecule has 0 unspecified atom stereocenters. The van der Waals surface area contributed by atoms with Crippen LogP contribution in [-0.2, 0) is 10.8 Å². The molecule has 0 radical (unpaired) electrons. The average molecular weight is 1460 g/mol. The molecule has 16 aromatic carbocycles. The molecular weight excluding hydrogens is 1400 g/mol. The van der Waals surface area contributed by atoms with Crippen LogP contribution in [0.25, 0.3) is 166 Å². The monoisotopic (exact) mass is 1460 g/mol. The van der Waals surface area contributed by atoms with Gasteiger partial charge in [-0.15, -0.1) is 0 Å². The number of hydrogen-bond acceptors (Lipinski definition) is 7. The molecule has 0 saturated heterocycles. The van der Waals surface area contributed by atoms with Crippen molar-refractivity contribution < 1.29 is 0 Å². The van der Waals surface area contributed by atoms with Gasteiger partial charge in [0.1, 0.15) is 0 Å². The Morgan fingerprint density at radius 1 is 0.241 bits per heavy atom. The van der Waals surface area contributed by atoms with Gasteiger partial charge in [0.2, 0.25) is 11.9 Å². The summed E-state index contributed by atoms with van der Waals surface area (Å²) in [5.74, 6) is 1.19. The minimum absolute atomic E-state index is 0.574. The van der Waals surface area contributed by atoms with Gasteiger partial charge >= 0.3 is 0 Å². The first-order valence-corrected chi connectivity index (χ1v) is 39.8. The van der Waals surface area contributed by atoms with Gasteiger partial charge in [-0.05, 0) is 167 Å². The van der Waals surface area contributed by atoms with E-state index in [1.807, 2.05) is 35.8 Å². The van der Waals surface area contributed by atoms with Gasteiger partial charge in [-0.1, -0.05) is 309 Å². The van der Waals surface area contributed by atoms with Crippen LogP contribution in [0.15, 0.2) is 378 Å². The summed E-state index contributed by atoms with van der Waals surface area (Å²) < 4.78 is 4.71. The van der Waals surface area contributed by atoms with E-state index in [1.54, 1.807) is 0 Å². The maximum atomic E-state index is 5.81. The van der Waals surface area contributed by atoms with Crippen LogP contribution in [0.5, 0.6) is 0 Å². The maximum absolute atomic E-state index is 5.81. The molecule has 21 aromatic rings. The molecule has 112 heavy (non-hydrogen) atoms. The Balaban J connectivity index is 0.712. The summed E-state index contributed by atoms with van der Waals surface area (Å²) in [6.45, 7) is 0. The van der Waals surface area contributed by atoms with Crippen LogP contribution in [-0.4, -0.2) is 34.1 Å². The van der Waals surface area contributed by atoms with E-state index in [4.69, 9.17) is 24.9 Å². The Morgan fingerprint density at radius 3 is 1.31 bits per heavy atom. The molecule has 7 nitrogen and oxygen atoms in total. The van der Waals surface area contributed by atoms with Crippen molar-refractivity contribution in [3.8, 4) is 78.9 Å². The van der Waals surface area contributed by atoms with Gasteiger partial charge in [-0.3, -0.25) is 9.13 Å². The van der Waals surface area contributed by atoms with Gasteiger partial charge in [0, 0.05) is 80.0 Å². The molecule has 7 heterocycles. The third-order valence-corrected chi connectivity index (χ3v) is 26.8. The quantitative estimate of drug-likeness (QED) is 0.164. The molecule has 518 valence electrons. The smallest absolute Gasteiger partial charge is 0.237 e. The van der Waals surface area contributed by atoms with Gasteiger partial charge < -0.3 is 0 Å². The number of aromatic nitrogens is 7. The van der Waals surface area contributed by atoms with Gasteiger partial charge in [0.25, 0.3) is 0 Å². The highest BCUT2D eigenvalue weighted by atomic mass is 32.2. The third-order valence-electron chi connectivity index (χ3n) is 24.5. The normalized spacial score (nSPS) is 13.8. The largest absolute Gasteiger partial charge is 0.277 e. The molecule has 0 bridgehead atoms. The fraction of sp³-hybridized carbons (Fsp3) is 0.0194. The molecule has 25 rings (SSSR count). The molecule has 4 aliphatic rings. The lowest BCUT2D eigenvalue weighted by atomic mass is 9.66. The summed E-state index contributed by atoms with van der Waals surface area (Å²) in [4.78, 5) is 32.2. The highest BCUT2D eigenvalue weighted by Gasteiger charge is 2.52. The second-order valence-corrected chi connectivity index (χ2v) is 32.2. The molecular formula is C103H59N7S2. The average Bonchev–Trinajstić information content (AvgIpc) is 1.50. The molecule has 2 aliphatic heterocycles. The second-order valence-electron chi connectivity index (χ2n) is 30.0. The molecule has 0 amide bonds. The van der Waals surface area contributed by atoms with Gasteiger partial charge in [-0.2, -0.15) is 4.98 Å². The zero-order valence-electron chi connectivity index (χ0n) is 60.0. The molecule has 2 aliphatic carbocycles. The summed E-state index contributed by atoms with van der Waals surface area (Å²) in [5.41, 5.74) is 28.1. The van der Waals surface area contributed by atoms with Crippen LogP contribution in [0.2, 0.25) is 0 Å². The Kier molecular flexibility index (Phi) is 12.9. The number of hydrogen-bond donors (Lipinski definition) is 0. The van der Waals surface area contributed by atoms with Crippen molar-refractivity contribution in [2.75, 3.05) is 0 Å². The van der Waals surface area contributed by atoms with Crippen LogP contribution in [0.3, 0.4) is 0 Å². The van der Waals surface area contributed by atoms with Crippen molar-refractivity contribution in [1.82, 2.24) is 34.1 Å². The lowest BCUT2D eigenvalue weighted by molar-refractivity contribution is 0.724. The fourth-order valence-electron chi connectivity index (χ4n) is 19.8. The fourth-order valence-corrected chi connectivity index (χ4v) is 22.2. The lowest BCUT2D eigenvalue weighted by Crippen LogP contribution is -2.32. The van der Waals surface area contributed by atoms with Crippen molar-refractivity contribution in [2.24, 2.45) is 0 Å². The Morgan fingerprint density at radius 2 is 0.670 bits per heavy atom. The number of benzene rings is 16. The highest BCUT2D eigenvalue weighted by Crippen LogP contribution is 2.66. The van der Waals surface area contributed by atoms with E-state index in [-0.39, 0.29) is 0 Å². The number of para-hydroxylation sites is 1. The summed E-state index contributed by atoms with van der Waals surface area (Å²) in [6, 6.07) is 130. The van der Waals surface area contributed by atoms with Crippen LogP contribution < -0.4 is 0 Å². The predicted octanol–water partition coefficient (Wildman–Crippen LogP) is 25.8. The van der Waals surface area contributed by atoms with Gasteiger partial charge in [-0.25, -0.2) is 19.9 Å². The van der Waals surface area contributed by atoms with Crippen molar-refractivity contribution in [1.29, 1.82) is 0 Å². The van der Waals surface area contributed by atoms with E-state index < -0.39 is 10.8 Å². The molecule has 0 N–H and O–H groups in total. The molecule has 0 atom stereocenters. The lowest BCUT2D eigenvalue weighted by Gasteiger charge is -2.40. The summed E-state index contributed by atoms with van der Waals surface area (Å²) in [6.07, 6.45) is 1.83. The van der Waals surface area contributed by atoms with Crippen LogP contribution in [0.4, 0.5) is 0 Å². The van der Waals surface area contributed by atoms with E-state index in [1.165, 1.54) is 91.9 Å². The first-order chi connectivity index (χ1) is 55.5. The topological polar surface area (TPSA) is 74.3 Å². The van der Waals surface area contributed by atoms with E-state index in [2.05, 4.69) is 355 Å². The van der Waals surface area contributed by atoms with Gasteiger partial charge in [0.05, 0.1) is 49.8 Å². The van der Waals surface area contributed by atoms with E-state index in [0.717, 1.165) is 121 Å². The third kappa shape index (κ3) is 8.50. The maximum Gasteiger partial charge on any atom is 0.237 e. The molecule has 2 spiro atoms. The van der Waals surface area contributed by atoms with Crippen LogP contribution >= 0.6 is 23.5 Å². The van der Waals surface area contributed by atoms with Gasteiger partial charge in [0.15, 0.2) is 5.65 Å². The second kappa shape index (κ2) is 23.4. The van der Waals surface area contributed by atoms with E-state index >= 15 is 0 Å². The predicted molar refractivity (Wildman–Crippen MR) is 459 cm³/mol. The minimum Gasteiger partial charge on any atom is -0.277 e. The standard InChI is InChI=1S/C103H59N7S2/c1-3-22-60(23-4-1)61-41-43-64(44-42-61)95-76-32-13-19-39-88(76)105-100(106-95)109-89-58-93-86(102(84-38-18-20-40-91(84)111-93)80-34-14-9-28-70(80)71-29-10-15-35-81(71)102)56-78(89)75-51-47-67-54-65(46-49-69(67)98(75)109)66-48-52-92-85(55-66)103(82-36-16-11-30-72(82)73-31-12-17-37-83(73)103)87-57-79-74-50-45-62-24-7-8-27-68(62)97(74)110(90(79)59-94(87)112-92)101-107-96(63-25-5-2-6-26-63)77-33-21-53-104-99(77)108-101/h1-59H. The Bertz CT molecular complexity index is 7620. The number of nitrogens with zero attached hydrogens (tertiary/aromatic N) is 7. The SMILES string of the molecule is c1ccc(-c2ccc(-c3nc(-n4c5cc6c(cc5c5ccc7cc(-c8ccc9c(c8)C8(c%10cc%11c%12ccc%13ccccc%13c%12n(-c%12nc(-c%13ccccc%13)c%13cccnc%13n%12)c%11cc%10S9)c9ccccc9-c9ccccc98)ccc7c54)C4(c5ccccc5S6)c5ccccc5-c5ccccc54)nc4ccccc34)cc2)cc1. The molecule has 5 aromatic heterocycles. The molecule has 0 fully saturated rings. The summed E-state index contributed by atoms with van der Waals surface area (Å²) in [7, 11) is 0. The first kappa shape index (κ1) is 62.1.